The van der Waals surface area contributed by atoms with Gasteiger partial charge in [-0.2, -0.15) is 4.68 Å². The number of tetrazole rings is 1. The van der Waals surface area contributed by atoms with E-state index in [4.69, 9.17) is 11.6 Å². The van der Waals surface area contributed by atoms with Gasteiger partial charge in [-0.3, -0.25) is 0 Å². The van der Waals surface area contributed by atoms with Gasteiger partial charge in [0.15, 0.2) is 0 Å². The fourth-order valence-corrected chi connectivity index (χ4v) is 3.11. The maximum absolute atomic E-state index is 6.10. The third-order valence-corrected chi connectivity index (χ3v) is 4.32. The minimum absolute atomic E-state index is 0.447. The third-order valence-electron chi connectivity index (χ3n) is 3.27. The molecule has 0 saturated heterocycles. The molecule has 3 aromatic rings. The average molecular weight is 331 g/mol. The second-order valence-corrected chi connectivity index (χ2v) is 6.35. The fraction of sp³-hybridized carbons (Fsp3) is 0.214. The number of aromatic nitrogens is 6. The third kappa shape index (κ3) is 2.82. The molecule has 22 heavy (non-hydrogen) atoms. The Bertz CT molecular complexity index is 802. The zero-order chi connectivity index (χ0) is 14.9. The predicted octanol–water partition coefficient (Wildman–Crippen LogP) is 3.13. The van der Waals surface area contributed by atoms with Crippen molar-refractivity contribution in [3.05, 3.63) is 47.4 Å². The van der Waals surface area contributed by atoms with Gasteiger partial charge >= 0.3 is 0 Å². The summed E-state index contributed by atoms with van der Waals surface area (Å²) in [5.41, 5.74) is 0.901. The molecular weight excluding hydrogens is 320 g/mol. The van der Waals surface area contributed by atoms with Crippen molar-refractivity contribution in [2.75, 3.05) is 0 Å². The van der Waals surface area contributed by atoms with Crippen LogP contribution < -0.4 is 0 Å². The van der Waals surface area contributed by atoms with E-state index in [1.807, 2.05) is 30.3 Å². The van der Waals surface area contributed by atoms with Crippen molar-refractivity contribution in [3.8, 4) is 5.69 Å². The molecular formula is C14H11ClN6S. The Hall–Kier alpha value is -1.99. The summed E-state index contributed by atoms with van der Waals surface area (Å²) in [6.07, 6.45) is 2.26. The molecule has 1 aliphatic rings. The molecule has 4 rings (SSSR count). The van der Waals surface area contributed by atoms with Crippen LogP contribution in [0.4, 0.5) is 0 Å². The lowest BCUT2D eigenvalue weighted by Crippen LogP contribution is -1.99. The first-order chi connectivity index (χ1) is 10.8. The first kappa shape index (κ1) is 13.7. The van der Waals surface area contributed by atoms with Gasteiger partial charge in [0.05, 0.1) is 5.69 Å². The van der Waals surface area contributed by atoms with Gasteiger partial charge < -0.3 is 0 Å². The molecule has 0 N–H and O–H groups in total. The number of hydrogen-bond donors (Lipinski definition) is 0. The normalized spacial score (nSPS) is 14.2. The number of hydrogen-bond acceptors (Lipinski definition) is 6. The van der Waals surface area contributed by atoms with Crippen molar-refractivity contribution < 1.29 is 0 Å². The van der Waals surface area contributed by atoms with Gasteiger partial charge in [-0.1, -0.05) is 29.8 Å². The van der Waals surface area contributed by atoms with E-state index in [0.29, 0.717) is 16.2 Å². The van der Waals surface area contributed by atoms with Gasteiger partial charge in [-0.15, -0.1) is 5.10 Å². The minimum atomic E-state index is 0.447. The lowest BCUT2D eigenvalue weighted by atomic mass is 10.3. The van der Waals surface area contributed by atoms with E-state index < -0.39 is 0 Å². The lowest BCUT2D eigenvalue weighted by molar-refractivity contribution is 0.755. The molecule has 1 aromatic carbocycles. The number of nitrogens with zero attached hydrogens (tertiary/aromatic N) is 6. The minimum Gasteiger partial charge on any atom is -0.226 e. The first-order valence-corrected chi connectivity index (χ1v) is 8.05. The molecule has 2 heterocycles. The summed E-state index contributed by atoms with van der Waals surface area (Å²) < 4.78 is 1.68. The van der Waals surface area contributed by atoms with E-state index in [1.165, 1.54) is 11.8 Å². The van der Waals surface area contributed by atoms with Crippen LogP contribution in [0.1, 0.15) is 24.6 Å². The van der Waals surface area contributed by atoms with Crippen molar-refractivity contribution in [2.45, 2.75) is 28.9 Å². The van der Waals surface area contributed by atoms with Crippen LogP contribution in [0.15, 0.2) is 46.6 Å². The number of benzene rings is 1. The molecule has 110 valence electrons. The van der Waals surface area contributed by atoms with Crippen LogP contribution in [0, 0.1) is 0 Å². The second-order valence-electron chi connectivity index (χ2n) is 4.97. The Morgan fingerprint density at radius 2 is 1.95 bits per heavy atom. The highest BCUT2D eigenvalue weighted by Crippen LogP contribution is 2.39. The molecule has 0 aliphatic heterocycles. The summed E-state index contributed by atoms with van der Waals surface area (Å²) in [4.78, 5) is 8.85. The number of para-hydroxylation sites is 1. The van der Waals surface area contributed by atoms with Crippen molar-refractivity contribution in [3.63, 3.8) is 0 Å². The molecule has 6 nitrogen and oxygen atoms in total. The Balaban J connectivity index is 1.66. The Morgan fingerprint density at radius 3 is 2.73 bits per heavy atom. The number of rotatable bonds is 4. The van der Waals surface area contributed by atoms with Crippen molar-refractivity contribution in [2.24, 2.45) is 0 Å². The van der Waals surface area contributed by atoms with Crippen LogP contribution in [0.2, 0.25) is 5.15 Å². The van der Waals surface area contributed by atoms with Gasteiger partial charge in [-0.05, 0) is 47.2 Å². The summed E-state index contributed by atoms with van der Waals surface area (Å²) in [5.74, 6) is 1.26. The highest BCUT2D eigenvalue weighted by Gasteiger charge is 2.27. The highest BCUT2D eigenvalue weighted by molar-refractivity contribution is 7.99. The first-order valence-electron chi connectivity index (χ1n) is 6.86. The molecule has 0 radical (unpaired) electrons. The van der Waals surface area contributed by atoms with E-state index in [9.17, 15) is 0 Å². The van der Waals surface area contributed by atoms with Crippen molar-refractivity contribution in [1.82, 2.24) is 30.2 Å². The van der Waals surface area contributed by atoms with Crippen LogP contribution in [0.3, 0.4) is 0 Å². The molecule has 1 saturated carbocycles. The molecule has 1 aliphatic carbocycles. The summed E-state index contributed by atoms with van der Waals surface area (Å²) in [5, 5.41) is 13.7. The van der Waals surface area contributed by atoms with E-state index in [1.54, 1.807) is 10.7 Å². The number of halogens is 1. The summed E-state index contributed by atoms with van der Waals surface area (Å²) in [7, 11) is 0. The second kappa shape index (κ2) is 5.66. The maximum Gasteiger partial charge on any atom is 0.220 e. The lowest BCUT2D eigenvalue weighted by Gasteiger charge is -2.05. The van der Waals surface area contributed by atoms with Crippen LogP contribution >= 0.6 is 23.4 Å². The fourth-order valence-electron chi connectivity index (χ4n) is 2.06. The topological polar surface area (TPSA) is 69.4 Å². The van der Waals surface area contributed by atoms with Crippen LogP contribution in [-0.4, -0.2) is 30.2 Å². The van der Waals surface area contributed by atoms with E-state index >= 15 is 0 Å². The predicted molar refractivity (Wildman–Crippen MR) is 82.3 cm³/mol. The zero-order valence-corrected chi connectivity index (χ0v) is 13.0. The van der Waals surface area contributed by atoms with E-state index in [-0.39, 0.29) is 0 Å². The Kier molecular flexibility index (Phi) is 3.51. The van der Waals surface area contributed by atoms with Gasteiger partial charge in [0.2, 0.25) is 5.16 Å². The SMILES string of the molecule is Clc1cc(Sc2nnnn2-c2ccccc2)nc(C2CC2)n1. The van der Waals surface area contributed by atoms with Crippen molar-refractivity contribution in [1.29, 1.82) is 0 Å². The Labute approximate surface area is 135 Å². The van der Waals surface area contributed by atoms with Crippen LogP contribution in [0.25, 0.3) is 5.69 Å². The van der Waals surface area contributed by atoms with Gasteiger partial charge in [-0.25, -0.2) is 9.97 Å². The maximum atomic E-state index is 6.10. The molecule has 0 spiro atoms. The molecule has 0 atom stereocenters. The van der Waals surface area contributed by atoms with Gasteiger partial charge in [0.1, 0.15) is 16.0 Å². The van der Waals surface area contributed by atoms with E-state index in [0.717, 1.165) is 29.4 Å². The van der Waals surface area contributed by atoms with Crippen LogP contribution in [0.5, 0.6) is 0 Å². The summed E-state index contributed by atoms with van der Waals surface area (Å²) >= 11 is 7.48. The van der Waals surface area contributed by atoms with Gasteiger partial charge in [0, 0.05) is 12.0 Å². The quantitative estimate of drug-likeness (QED) is 0.684. The van der Waals surface area contributed by atoms with Crippen LogP contribution in [-0.2, 0) is 0 Å². The smallest absolute Gasteiger partial charge is 0.220 e. The summed E-state index contributed by atoms with van der Waals surface area (Å²) in [6, 6.07) is 11.5. The average Bonchev–Trinajstić information content (AvgIpc) is 3.28. The van der Waals surface area contributed by atoms with Crippen molar-refractivity contribution >= 4 is 23.4 Å². The molecule has 1 fully saturated rings. The summed E-state index contributed by atoms with van der Waals surface area (Å²) in [6.45, 7) is 0. The van der Waals surface area contributed by atoms with Gasteiger partial charge in [0.25, 0.3) is 0 Å². The monoisotopic (exact) mass is 330 g/mol. The molecule has 0 amide bonds. The Morgan fingerprint density at radius 1 is 1.14 bits per heavy atom. The zero-order valence-electron chi connectivity index (χ0n) is 11.4. The molecule has 8 heteroatoms. The molecule has 0 bridgehead atoms. The molecule has 2 aromatic heterocycles. The highest BCUT2D eigenvalue weighted by atomic mass is 35.5. The largest absolute Gasteiger partial charge is 0.226 e. The standard InChI is InChI=1S/C14H11ClN6S/c15-11-8-12(17-13(16-11)9-6-7-9)22-14-18-19-20-21(14)10-4-2-1-3-5-10/h1-5,8-9H,6-7H2. The molecule has 0 unspecified atom stereocenters. The van der Waals surface area contributed by atoms with E-state index in [2.05, 4.69) is 25.5 Å².